The number of benzene rings is 2. The fourth-order valence-electron chi connectivity index (χ4n) is 3.74. The van der Waals surface area contributed by atoms with E-state index in [1.807, 2.05) is 0 Å². The largest absolute Gasteiger partial charge is 0.291 e. The highest BCUT2D eigenvalue weighted by molar-refractivity contribution is 5.86. The second-order valence-electron chi connectivity index (χ2n) is 6.82. The number of allylic oxidation sites excluding steroid dienone is 1. The third-order valence-electron chi connectivity index (χ3n) is 4.90. The summed E-state index contributed by atoms with van der Waals surface area (Å²) in [6.45, 7) is 5.25. The monoisotopic (exact) mass is 302 g/mol. The third-order valence-corrected chi connectivity index (χ3v) is 4.90. The number of nitrogens with zero attached hydrogens (tertiary/aromatic N) is 2. The summed E-state index contributed by atoms with van der Waals surface area (Å²) in [4.78, 5) is 7.18. The molecule has 0 amide bonds. The molecule has 0 radical (unpaired) electrons. The lowest BCUT2D eigenvalue weighted by molar-refractivity contribution is 0.285. The van der Waals surface area contributed by atoms with Crippen LogP contribution in [-0.2, 0) is 18.5 Å². The number of hydrogen-bond acceptors (Lipinski definition) is 2. The van der Waals surface area contributed by atoms with Crippen molar-refractivity contribution in [3.63, 3.8) is 0 Å². The van der Waals surface area contributed by atoms with Crippen molar-refractivity contribution in [1.82, 2.24) is 4.90 Å². The average molecular weight is 302 g/mol. The standard InChI is InChI=1S/C21H22N2/c1-21-12-5-6-13-23(14-17-8-3-2-4-9-17)15-18-10-7-11-19(20(18)21)22-16-21/h2-11,16H,12-15H2,1H3/b6-5-. The van der Waals surface area contributed by atoms with E-state index in [1.165, 1.54) is 16.7 Å². The maximum atomic E-state index is 4.67. The van der Waals surface area contributed by atoms with Gasteiger partial charge in [-0.05, 0) is 29.2 Å². The van der Waals surface area contributed by atoms with Crippen LogP contribution in [0.25, 0.3) is 0 Å². The first-order chi connectivity index (χ1) is 11.2. The molecule has 23 heavy (non-hydrogen) atoms. The molecule has 1 atom stereocenters. The molecule has 2 aliphatic heterocycles. The van der Waals surface area contributed by atoms with Crippen molar-refractivity contribution in [1.29, 1.82) is 0 Å². The van der Waals surface area contributed by atoms with Crippen molar-refractivity contribution >= 4 is 11.9 Å². The van der Waals surface area contributed by atoms with Gasteiger partial charge in [0.15, 0.2) is 0 Å². The van der Waals surface area contributed by atoms with E-state index in [2.05, 4.69) is 83.7 Å². The zero-order valence-corrected chi connectivity index (χ0v) is 13.6. The minimum atomic E-state index is 0.0468. The number of rotatable bonds is 2. The van der Waals surface area contributed by atoms with E-state index >= 15 is 0 Å². The topological polar surface area (TPSA) is 15.6 Å². The zero-order valence-electron chi connectivity index (χ0n) is 13.6. The molecular formula is C21H22N2. The third kappa shape index (κ3) is 2.75. The highest BCUT2D eigenvalue weighted by atomic mass is 15.1. The van der Waals surface area contributed by atoms with Crippen LogP contribution in [0.4, 0.5) is 5.69 Å². The summed E-state index contributed by atoms with van der Waals surface area (Å²) in [5, 5.41) is 0. The van der Waals surface area contributed by atoms with Gasteiger partial charge in [0.1, 0.15) is 0 Å². The van der Waals surface area contributed by atoms with Crippen LogP contribution in [0.2, 0.25) is 0 Å². The minimum absolute atomic E-state index is 0.0468. The van der Waals surface area contributed by atoms with Crippen molar-refractivity contribution in [2.24, 2.45) is 4.99 Å². The normalized spacial score (nSPS) is 24.6. The van der Waals surface area contributed by atoms with Crippen LogP contribution in [0, 0.1) is 0 Å². The first-order valence-corrected chi connectivity index (χ1v) is 8.33. The maximum absolute atomic E-state index is 4.67. The Morgan fingerprint density at radius 1 is 1.04 bits per heavy atom. The van der Waals surface area contributed by atoms with Crippen molar-refractivity contribution in [3.05, 3.63) is 77.4 Å². The molecule has 116 valence electrons. The average Bonchev–Trinajstić information content (AvgIpc) is 2.93. The van der Waals surface area contributed by atoms with Crippen LogP contribution in [0.15, 0.2) is 65.7 Å². The lowest BCUT2D eigenvalue weighted by Crippen LogP contribution is -2.25. The summed E-state index contributed by atoms with van der Waals surface area (Å²) in [6, 6.07) is 17.3. The Labute approximate surface area is 138 Å². The second kappa shape index (κ2) is 5.78. The summed E-state index contributed by atoms with van der Waals surface area (Å²) in [5.41, 5.74) is 5.41. The van der Waals surface area contributed by atoms with Gasteiger partial charge in [0.05, 0.1) is 5.69 Å². The van der Waals surface area contributed by atoms with Gasteiger partial charge in [0, 0.05) is 31.3 Å². The Hall–Kier alpha value is -2.19. The molecule has 0 aliphatic carbocycles. The molecular weight excluding hydrogens is 280 g/mol. The molecule has 0 spiro atoms. The molecule has 2 aliphatic rings. The molecule has 2 aromatic rings. The van der Waals surface area contributed by atoms with E-state index in [0.29, 0.717) is 0 Å². The van der Waals surface area contributed by atoms with E-state index in [4.69, 9.17) is 0 Å². The van der Waals surface area contributed by atoms with Gasteiger partial charge in [-0.25, -0.2) is 0 Å². The van der Waals surface area contributed by atoms with Crippen molar-refractivity contribution < 1.29 is 0 Å². The Morgan fingerprint density at radius 2 is 1.91 bits per heavy atom. The van der Waals surface area contributed by atoms with Gasteiger partial charge in [0.2, 0.25) is 0 Å². The maximum Gasteiger partial charge on any atom is 0.0670 e. The first-order valence-electron chi connectivity index (χ1n) is 8.33. The Morgan fingerprint density at radius 3 is 2.78 bits per heavy atom. The predicted molar refractivity (Wildman–Crippen MR) is 96.3 cm³/mol. The Kier molecular flexibility index (Phi) is 3.62. The Balaban J connectivity index is 1.68. The predicted octanol–water partition coefficient (Wildman–Crippen LogP) is 4.62. The van der Waals surface area contributed by atoms with Crippen molar-refractivity contribution in [2.45, 2.75) is 31.8 Å². The molecule has 2 aromatic carbocycles. The Bertz CT molecular complexity index is 761. The van der Waals surface area contributed by atoms with E-state index in [-0.39, 0.29) is 5.41 Å². The minimum Gasteiger partial charge on any atom is -0.291 e. The van der Waals surface area contributed by atoms with E-state index in [9.17, 15) is 0 Å². The highest BCUT2D eigenvalue weighted by Crippen LogP contribution is 2.42. The molecule has 0 fully saturated rings. The number of aliphatic imine (C=N–C) groups is 1. The lowest BCUT2D eigenvalue weighted by atomic mass is 9.79. The van der Waals surface area contributed by atoms with Gasteiger partial charge < -0.3 is 0 Å². The summed E-state index contributed by atoms with van der Waals surface area (Å²) in [5.74, 6) is 0. The van der Waals surface area contributed by atoms with Gasteiger partial charge in [-0.3, -0.25) is 9.89 Å². The molecule has 1 unspecified atom stereocenters. The van der Waals surface area contributed by atoms with Crippen LogP contribution < -0.4 is 0 Å². The van der Waals surface area contributed by atoms with E-state index < -0.39 is 0 Å². The quantitative estimate of drug-likeness (QED) is 0.739. The molecule has 4 rings (SSSR count). The van der Waals surface area contributed by atoms with Crippen molar-refractivity contribution in [3.8, 4) is 0 Å². The lowest BCUT2D eigenvalue weighted by Gasteiger charge is -2.26. The van der Waals surface area contributed by atoms with Crippen LogP contribution in [0.3, 0.4) is 0 Å². The van der Waals surface area contributed by atoms with Crippen LogP contribution in [0.1, 0.15) is 30.0 Å². The van der Waals surface area contributed by atoms with Gasteiger partial charge in [-0.15, -0.1) is 0 Å². The van der Waals surface area contributed by atoms with E-state index in [1.54, 1.807) is 0 Å². The molecule has 0 aromatic heterocycles. The van der Waals surface area contributed by atoms with E-state index in [0.717, 1.165) is 31.7 Å². The highest BCUT2D eigenvalue weighted by Gasteiger charge is 2.33. The van der Waals surface area contributed by atoms with Crippen LogP contribution in [-0.4, -0.2) is 17.7 Å². The summed E-state index contributed by atoms with van der Waals surface area (Å²) in [7, 11) is 0. The SMILES string of the molecule is CC12C=Nc3cccc(c31)CN(Cc1ccccc1)C/C=C\C2. The summed E-state index contributed by atoms with van der Waals surface area (Å²) >= 11 is 0. The van der Waals surface area contributed by atoms with Crippen molar-refractivity contribution in [2.75, 3.05) is 6.54 Å². The van der Waals surface area contributed by atoms with Gasteiger partial charge in [-0.2, -0.15) is 0 Å². The molecule has 0 N–H and O–H groups in total. The fraction of sp³-hybridized carbons (Fsp3) is 0.286. The summed E-state index contributed by atoms with van der Waals surface area (Å²) in [6.07, 6.45) is 7.80. The molecule has 2 nitrogen and oxygen atoms in total. The van der Waals surface area contributed by atoms with Crippen LogP contribution in [0.5, 0.6) is 0 Å². The molecule has 0 saturated carbocycles. The fourth-order valence-corrected chi connectivity index (χ4v) is 3.74. The summed E-state index contributed by atoms with van der Waals surface area (Å²) < 4.78 is 0. The number of hydrogen-bond donors (Lipinski definition) is 0. The molecule has 0 saturated heterocycles. The zero-order chi connectivity index (χ0) is 15.7. The molecule has 0 bridgehead atoms. The van der Waals surface area contributed by atoms with Gasteiger partial charge >= 0.3 is 0 Å². The van der Waals surface area contributed by atoms with Gasteiger partial charge in [0.25, 0.3) is 0 Å². The van der Waals surface area contributed by atoms with Crippen LogP contribution >= 0.6 is 0 Å². The first kappa shape index (κ1) is 14.4. The van der Waals surface area contributed by atoms with Gasteiger partial charge in [-0.1, -0.05) is 61.5 Å². The molecule has 2 heteroatoms. The molecule has 2 heterocycles. The smallest absolute Gasteiger partial charge is 0.0670 e. The second-order valence-corrected chi connectivity index (χ2v) is 6.82.